The Balaban J connectivity index is 2.25. The smallest absolute Gasteiger partial charge is 0.306 e. The van der Waals surface area contributed by atoms with E-state index in [2.05, 4.69) is 20.8 Å². The van der Waals surface area contributed by atoms with E-state index in [1.807, 2.05) is 0 Å². The lowest BCUT2D eigenvalue weighted by molar-refractivity contribution is -0.161. The maximum atomic E-state index is 12.6. The minimum atomic E-state index is -0.917. The maximum Gasteiger partial charge on any atom is 0.306 e. The topological polar surface area (TPSA) is 151 Å². The van der Waals surface area contributed by atoms with Gasteiger partial charge in [-0.3, -0.25) is 14.4 Å². The Morgan fingerprint density at radius 2 is 1.43 bits per heavy atom. The van der Waals surface area contributed by atoms with Crippen LogP contribution in [0.25, 0.3) is 0 Å². The Morgan fingerprint density at radius 1 is 0.818 bits per heavy atom. The molecule has 0 radical (unpaired) electrons. The van der Waals surface area contributed by atoms with Crippen molar-refractivity contribution in [2.24, 2.45) is 17.8 Å². The van der Waals surface area contributed by atoms with Gasteiger partial charge in [0, 0.05) is 43.9 Å². The lowest BCUT2D eigenvalue weighted by Crippen LogP contribution is -2.28. The first kappa shape index (κ1) is 40.2. The molecule has 0 saturated heterocycles. The van der Waals surface area contributed by atoms with E-state index in [1.165, 1.54) is 25.7 Å². The van der Waals surface area contributed by atoms with E-state index in [4.69, 9.17) is 9.47 Å². The fourth-order valence-corrected chi connectivity index (χ4v) is 5.73. The molecular weight excluding hydrogens is 564 g/mol. The number of esters is 2. The van der Waals surface area contributed by atoms with Crippen LogP contribution >= 0.6 is 0 Å². The van der Waals surface area contributed by atoms with Crippen LogP contribution in [0.4, 0.5) is 0 Å². The number of unbranched alkanes of at least 4 members (excludes halogenated alkanes) is 8. The number of aliphatic hydroxyl groups is 4. The maximum absolute atomic E-state index is 12.6. The van der Waals surface area contributed by atoms with Gasteiger partial charge in [-0.1, -0.05) is 90.7 Å². The summed E-state index contributed by atoms with van der Waals surface area (Å²) in [7, 11) is 0. The molecular formula is C35H62O9. The van der Waals surface area contributed by atoms with Gasteiger partial charge in [-0.05, 0) is 31.6 Å². The molecule has 0 aromatic carbocycles. The van der Waals surface area contributed by atoms with E-state index >= 15 is 0 Å². The Kier molecular flexibility index (Phi) is 22.3. The van der Waals surface area contributed by atoms with Crippen molar-refractivity contribution in [1.29, 1.82) is 0 Å². The van der Waals surface area contributed by atoms with Gasteiger partial charge in [-0.2, -0.15) is 0 Å². The van der Waals surface area contributed by atoms with Crippen molar-refractivity contribution in [3.05, 3.63) is 12.2 Å². The molecule has 1 saturated carbocycles. The number of hydrogen-bond acceptors (Lipinski definition) is 9. The zero-order valence-corrected chi connectivity index (χ0v) is 27.7. The van der Waals surface area contributed by atoms with Crippen molar-refractivity contribution in [1.82, 2.24) is 0 Å². The molecule has 0 spiro atoms. The van der Waals surface area contributed by atoms with Crippen LogP contribution in [0.2, 0.25) is 0 Å². The van der Waals surface area contributed by atoms with Gasteiger partial charge in [0.05, 0.1) is 24.9 Å². The molecule has 4 N–H and O–H groups in total. The van der Waals surface area contributed by atoms with Crippen molar-refractivity contribution >= 4 is 17.7 Å². The summed E-state index contributed by atoms with van der Waals surface area (Å²) >= 11 is 0. The predicted octanol–water partition coefficient (Wildman–Crippen LogP) is 5.59. The van der Waals surface area contributed by atoms with E-state index in [0.717, 1.165) is 44.4 Å². The van der Waals surface area contributed by atoms with Crippen LogP contribution in [0.5, 0.6) is 0 Å². The number of aliphatic hydroxyl groups excluding tert-OH is 4. The highest BCUT2D eigenvalue weighted by Crippen LogP contribution is 2.36. The molecule has 9 heteroatoms. The molecule has 44 heavy (non-hydrogen) atoms. The van der Waals surface area contributed by atoms with Crippen molar-refractivity contribution < 1.29 is 44.3 Å². The van der Waals surface area contributed by atoms with E-state index < -0.39 is 48.8 Å². The third-order valence-corrected chi connectivity index (χ3v) is 8.47. The predicted molar refractivity (Wildman–Crippen MR) is 171 cm³/mol. The van der Waals surface area contributed by atoms with Crippen LogP contribution in [-0.4, -0.2) is 75.8 Å². The summed E-state index contributed by atoms with van der Waals surface area (Å²) in [5.41, 5.74) is 0. The molecule has 0 heterocycles. The number of Topliss-reactive ketones (excluding diaryl/α,β-unsaturated/α-hetero) is 1. The molecule has 0 aromatic heterocycles. The molecule has 1 rings (SSSR count). The lowest BCUT2D eigenvalue weighted by Gasteiger charge is -2.20. The molecule has 0 aromatic rings. The van der Waals surface area contributed by atoms with Crippen molar-refractivity contribution in [2.75, 3.05) is 13.2 Å². The van der Waals surface area contributed by atoms with Gasteiger partial charge in [0.1, 0.15) is 12.4 Å². The molecule has 1 aliphatic rings. The molecule has 0 unspecified atom stereocenters. The minimum absolute atomic E-state index is 0.0512. The van der Waals surface area contributed by atoms with Gasteiger partial charge in [0.25, 0.3) is 0 Å². The molecule has 1 aliphatic carbocycles. The summed E-state index contributed by atoms with van der Waals surface area (Å²) < 4.78 is 10.4. The highest BCUT2D eigenvalue weighted by Gasteiger charge is 2.41. The van der Waals surface area contributed by atoms with Gasteiger partial charge in [-0.25, -0.2) is 0 Å². The molecule has 6 atom stereocenters. The fraction of sp³-hybridized carbons (Fsp3) is 0.857. The second-order valence-electron chi connectivity index (χ2n) is 13.0. The van der Waals surface area contributed by atoms with Crippen LogP contribution < -0.4 is 0 Å². The lowest BCUT2D eigenvalue weighted by atomic mass is 9.87. The fourth-order valence-electron chi connectivity index (χ4n) is 5.73. The molecule has 1 fully saturated rings. The normalized spacial score (nSPS) is 21.5. The third-order valence-electron chi connectivity index (χ3n) is 8.47. The average Bonchev–Trinajstić information content (AvgIpc) is 3.24. The number of carbonyl (C=O) groups is 3. The summed E-state index contributed by atoms with van der Waals surface area (Å²) in [4.78, 5) is 36.9. The first-order valence-electron chi connectivity index (χ1n) is 17.3. The third kappa shape index (κ3) is 18.9. The first-order valence-corrected chi connectivity index (χ1v) is 17.3. The average molecular weight is 627 g/mol. The summed E-state index contributed by atoms with van der Waals surface area (Å²) in [5.74, 6) is -0.996. The Bertz CT molecular complexity index is 812. The van der Waals surface area contributed by atoms with Crippen LogP contribution in [0.15, 0.2) is 12.2 Å². The SMILES string of the molecule is CCCCC[C@H](O)/C=C/[C@@H]1[C@@H](CC(=O)CCCCC(=O)O[C@@H](CO)COC(=O)CCCCCCCCC(C)C)[C@@H](O)C[C@H]1O. The first-order chi connectivity index (χ1) is 21.1. The van der Waals surface area contributed by atoms with Gasteiger partial charge >= 0.3 is 11.9 Å². The van der Waals surface area contributed by atoms with Crippen LogP contribution in [0, 0.1) is 17.8 Å². The van der Waals surface area contributed by atoms with E-state index in [1.54, 1.807) is 12.2 Å². The Morgan fingerprint density at radius 3 is 2.11 bits per heavy atom. The number of ether oxygens (including phenoxy) is 2. The molecule has 0 bridgehead atoms. The van der Waals surface area contributed by atoms with E-state index in [0.29, 0.717) is 25.7 Å². The van der Waals surface area contributed by atoms with Gasteiger partial charge in [0.15, 0.2) is 6.10 Å². The molecule has 0 aliphatic heterocycles. The summed E-state index contributed by atoms with van der Waals surface area (Å²) in [5, 5.41) is 40.5. The highest BCUT2D eigenvalue weighted by atomic mass is 16.6. The quantitative estimate of drug-likeness (QED) is 0.0548. The number of hydrogen-bond donors (Lipinski definition) is 4. The minimum Gasteiger partial charge on any atom is -0.462 e. The monoisotopic (exact) mass is 626 g/mol. The standard InChI is InChI=1S/C35H62O9/c1-4-5-10-16-27(37)20-21-30-31(33(40)23-32(30)39)22-28(38)17-13-14-19-35(42)44-29(24-36)25-43-34(41)18-12-9-7-6-8-11-15-26(2)3/h20-21,26-27,29-33,36-37,39-40H,4-19,22-25H2,1-3H3/b21-20+/t27-,29-,30+,31+,32+,33-/m0/s1. The van der Waals surface area contributed by atoms with Crippen molar-refractivity contribution in [3.63, 3.8) is 0 Å². The zero-order chi connectivity index (χ0) is 32.7. The molecule has 256 valence electrons. The molecule has 9 nitrogen and oxygen atoms in total. The van der Waals surface area contributed by atoms with Crippen LogP contribution in [0.3, 0.4) is 0 Å². The highest BCUT2D eigenvalue weighted by molar-refractivity contribution is 5.79. The zero-order valence-electron chi connectivity index (χ0n) is 27.7. The number of rotatable bonds is 26. The second-order valence-corrected chi connectivity index (χ2v) is 13.0. The van der Waals surface area contributed by atoms with Gasteiger partial charge in [-0.15, -0.1) is 0 Å². The van der Waals surface area contributed by atoms with Gasteiger partial charge in [0.2, 0.25) is 0 Å². The summed E-state index contributed by atoms with van der Waals surface area (Å²) in [6, 6.07) is 0. The van der Waals surface area contributed by atoms with Crippen molar-refractivity contribution in [3.8, 4) is 0 Å². The molecule has 0 amide bonds. The van der Waals surface area contributed by atoms with Gasteiger partial charge < -0.3 is 29.9 Å². The largest absolute Gasteiger partial charge is 0.462 e. The summed E-state index contributed by atoms with van der Waals surface area (Å²) in [6.07, 6.45) is 13.6. The van der Waals surface area contributed by atoms with E-state index in [9.17, 15) is 34.8 Å². The second kappa shape index (κ2) is 24.4. The van der Waals surface area contributed by atoms with Crippen LogP contribution in [0.1, 0.15) is 136 Å². The number of carbonyl (C=O) groups excluding carboxylic acids is 3. The Labute approximate surface area is 265 Å². The number of ketones is 1. The van der Waals surface area contributed by atoms with Crippen molar-refractivity contribution in [2.45, 2.75) is 161 Å². The van der Waals surface area contributed by atoms with E-state index in [-0.39, 0.29) is 44.0 Å². The Hall–Kier alpha value is -1.81. The summed E-state index contributed by atoms with van der Waals surface area (Å²) in [6.45, 7) is 5.93. The van der Waals surface area contributed by atoms with Crippen LogP contribution in [-0.2, 0) is 23.9 Å².